The molecule has 0 aliphatic heterocycles. The number of nitrogens with zero attached hydrogens (tertiary/aromatic N) is 3. The van der Waals surface area contributed by atoms with E-state index in [1.54, 1.807) is 6.08 Å². The minimum atomic E-state index is -0.613. The fourth-order valence-electron chi connectivity index (χ4n) is 1.99. The van der Waals surface area contributed by atoms with Gasteiger partial charge in [-0.15, -0.1) is 6.58 Å². The van der Waals surface area contributed by atoms with E-state index in [1.807, 2.05) is 6.92 Å². The van der Waals surface area contributed by atoms with Crippen LogP contribution in [0.1, 0.15) is 19.8 Å². The maximum atomic E-state index is 13.2. The van der Waals surface area contributed by atoms with Crippen molar-refractivity contribution in [2.75, 3.05) is 17.7 Å². The lowest BCUT2D eigenvalue weighted by atomic mass is 9.96. The van der Waals surface area contributed by atoms with Gasteiger partial charge in [0.15, 0.2) is 5.82 Å². The standard InChI is InChI=1S/C14H18FN5O/c1-3-4-5-14(2,8-21)20-12-11-10(18-13(16)19-12)6-9(15)7-17-11/h3,6-7,21H,1,4-5,8H2,2H3,(H3,16,18,19,20)/t14-/m1/s1. The van der Waals surface area contributed by atoms with Gasteiger partial charge in [-0.05, 0) is 19.8 Å². The SMILES string of the molecule is C=CCC[C@](C)(CO)Nc1nc(N)nc2cc(F)cnc12. The zero-order chi connectivity index (χ0) is 15.5. The van der Waals surface area contributed by atoms with Gasteiger partial charge in [-0.25, -0.2) is 14.4 Å². The molecule has 2 heterocycles. The number of aromatic nitrogens is 3. The molecule has 0 aromatic carbocycles. The molecule has 0 aliphatic rings. The molecule has 2 aromatic heterocycles. The summed E-state index contributed by atoms with van der Waals surface area (Å²) in [6, 6.07) is 1.24. The van der Waals surface area contributed by atoms with Crippen LogP contribution in [-0.4, -0.2) is 32.2 Å². The Morgan fingerprint density at radius 2 is 2.29 bits per heavy atom. The Morgan fingerprint density at radius 3 is 2.95 bits per heavy atom. The third-order valence-corrected chi connectivity index (χ3v) is 3.19. The van der Waals surface area contributed by atoms with Crippen LogP contribution in [0.4, 0.5) is 16.2 Å². The van der Waals surface area contributed by atoms with Gasteiger partial charge in [-0.2, -0.15) is 4.98 Å². The molecule has 2 aromatic rings. The number of nitrogens with one attached hydrogen (secondary N) is 1. The van der Waals surface area contributed by atoms with Crippen LogP contribution in [0.25, 0.3) is 11.0 Å². The van der Waals surface area contributed by atoms with Gasteiger partial charge in [0.05, 0.1) is 23.9 Å². The van der Waals surface area contributed by atoms with Crippen LogP contribution in [0.5, 0.6) is 0 Å². The molecule has 0 amide bonds. The maximum Gasteiger partial charge on any atom is 0.222 e. The minimum Gasteiger partial charge on any atom is -0.394 e. The van der Waals surface area contributed by atoms with Crippen LogP contribution in [-0.2, 0) is 0 Å². The van der Waals surface area contributed by atoms with Gasteiger partial charge in [0.2, 0.25) is 5.95 Å². The van der Waals surface area contributed by atoms with Crippen LogP contribution in [0, 0.1) is 5.82 Å². The maximum absolute atomic E-state index is 13.2. The predicted molar refractivity (Wildman–Crippen MR) is 80.2 cm³/mol. The number of halogens is 1. The van der Waals surface area contributed by atoms with Crippen LogP contribution < -0.4 is 11.1 Å². The van der Waals surface area contributed by atoms with Crippen molar-refractivity contribution < 1.29 is 9.50 Å². The largest absolute Gasteiger partial charge is 0.394 e. The number of fused-ring (bicyclic) bond motifs is 1. The summed E-state index contributed by atoms with van der Waals surface area (Å²) in [5.74, 6) is -0.109. The molecule has 7 heteroatoms. The van der Waals surface area contributed by atoms with Gasteiger partial charge in [0, 0.05) is 6.07 Å². The molecule has 0 saturated carbocycles. The Labute approximate surface area is 121 Å². The van der Waals surface area contributed by atoms with Crippen molar-refractivity contribution in [3.63, 3.8) is 0 Å². The second-order valence-electron chi connectivity index (χ2n) is 5.12. The molecule has 112 valence electrons. The number of aliphatic hydroxyl groups excluding tert-OH is 1. The molecular weight excluding hydrogens is 273 g/mol. The number of anilines is 2. The second-order valence-corrected chi connectivity index (χ2v) is 5.12. The molecule has 0 saturated heterocycles. The molecule has 0 spiro atoms. The van der Waals surface area contributed by atoms with Gasteiger partial charge in [0.1, 0.15) is 11.3 Å². The van der Waals surface area contributed by atoms with Crippen molar-refractivity contribution in [1.82, 2.24) is 15.0 Å². The van der Waals surface area contributed by atoms with Crippen molar-refractivity contribution >= 4 is 22.8 Å². The number of pyridine rings is 1. The lowest BCUT2D eigenvalue weighted by Gasteiger charge is -2.29. The van der Waals surface area contributed by atoms with Gasteiger partial charge >= 0.3 is 0 Å². The highest BCUT2D eigenvalue weighted by atomic mass is 19.1. The molecule has 2 rings (SSSR count). The molecule has 1 atom stereocenters. The molecule has 0 bridgehead atoms. The summed E-state index contributed by atoms with van der Waals surface area (Å²) < 4.78 is 13.2. The Kier molecular flexibility index (Phi) is 4.32. The number of aliphatic hydroxyl groups is 1. The number of allylic oxidation sites excluding steroid dienone is 1. The van der Waals surface area contributed by atoms with Gasteiger partial charge in [0.25, 0.3) is 0 Å². The van der Waals surface area contributed by atoms with Crippen molar-refractivity contribution in [3.05, 3.63) is 30.7 Å². The summed E-state index contributed by atoms with van der Waals surface area (Å²) in [4.78, 5) is 12.1. The smallest absolute Gasteiger partial charge is 0.222 e. The number of hydrogen-bond donors (Lipinski definition) is 3. The van der Waals surface area contributed by atoms with Crippen LogP contribution in [0.15, 0.2) is 24.9 Å². The fraction of sp³-hybridized carbons (Fsp3) is 0.357. The zero-order valence-corrected chi connectivity index (χ0v) is 11.8. The van der Waals surface area contributed by atoms with E-state index in [9.17, 15) is 9.50 Å². The van der Waals surface area contributed by atoms with Gasteiger partial charge in [-0.3, -0.25) is 0 Å². The Hall–Kier alpha value is -2.28. The van der Waals surface area contributed by atoms with E-state index >= 15 is 0 Å². The zero-order valence-electron chi connectivity index (χ0n) is 11.8. The molecule has 0 unspecified atom stereocenters. The van der Waals surface area contributed by atoms with Gasteiger partial charge < -0.3 is 16.2 Å². The average molecular weight is 291 g/mol. The number of hydrogen-bond acceptors (Lipinski definition) is 6. The topological polar surface area (TPSA) is 97.0 Å². The van der Waals surface area contributed by atoms with E-state index in [0.717, 1.165) is 12.6 Å². The van der Waals surface area contributed by atoms with E-state index in [-0.39, 0.29) is 12.6 Å². The molecule has 4 N–H and O–H groups in total. The molecular formula is C14H18FN5O. The van der Waals surface area contributed by atoms with Crippen LogP contribution >= 0.6 is 0 Å². The van der Waals surface area contributed by atoms with Gasteiger partial charge in [-0.1, -0.05) is 6.08 Å². The molecule has 0 radical (unpaired) electrons. The summed E-state index contributed by atoms with van der Waals surface area (Å²) in [6.07, 6.45) is 4.24. The first-order valence-corrected chi connectivity index (χ1v) is 6.56. The number of nitrogens with two attached hydrogens (primary N) is 1. The van der Waals surface area contributed by atoms with E-state index in [1.165, 1.54) is 6.07 Å². The number of nitrogen functional groups attached to an aromatic ring is 1. The molecule has 0 aliphatic carbocycles. The van der Waals surface area contributed by atoms with Crippen LogP contribution in [0.2, 0.25) is 0 Å². The minimum absolute atomic E-state index is 0.0152. The first-order chi connectivity index (χ1) is 9.97. The molecule has 6 nitrogen and oxygen atoms in total. The van der Waals surface area contributed by atoms with E-state index in [2.05, 4.69) is 26.8 Å². The Morgan fingerprint density at radius 1 is 1.52 bits per heavy atom. The lowest BCUT2D eigenvalue weighted by Crippen LogP contribution is -2.39. The highest BCUT2D eigenvalue weighted by molar-refractivity contribution is 5.86. The molecule has 0 fully saturated rings. The summed E-state index contributed by atoms with van der Waals surface area (Å²) in [5, 5.41) is 12.7. The Bertz CT molecular complexity index is 658. The Balaban J connectivity index is 2.43. The normalized spacial score (nSPS) is 13.9. The summed E-state index contributed by atoms with van der Waals surface area (Å²) in [6.45, 7) is 5.42. The first-order valence-electron chi connectivity index (χ1n) is 6.56. The predicted octanol–water partition coefficient (Wildman–Crippen LogP) is 1.88. The summed E-state index contributed by atoms with van der Waals surface area (Å²) in [7, 11) is 0. The average Bonchev–Trinajstić information content (AvgIpc) is 2.44. The highest BCUT2D eigenvalue weighted by Gasteiger charge is 2.24. The fourth-order valence-corrected chi connectivity index (χ4v) is 1.99. The van der Waals surface area contributed by atoms with Crippen LogP contribution in [0.3, 0.4) is 0 Å². The van der Waals surface area contributed by atoms with Crippen molar-refractivity contribution in [2.24, 2.45) is 0 Å². The van der Waals surface area contributed by atoms with E-state index in [0.29, 0.717) is 23.3 Å². The van der Waals surface area contributed by atoms with Crippen molar-refractivity contribution in [3.8, 4) is 0 Å². The lowest BCUT2D eigenvalue weighted by molar-refractivity contribution is 0.215. The van der Waals surface area contributed by atoms with E-state index in [4.69, 9.17) is 5.73 Å². The van der Waals surface area contributed by atoms with E-state index < -0.39 is 11.4 Å². The second kappa shape index (κ2) is 6.01. The third kappa shape index (κ3) is 3.43. The molecule has 21 heavy (non-hydrogen) atoms. The third-order valence-electron chi connectivity index (χ3n) is 3.19. The van der Waals surface area contributed by atoms with Crippen molar-refractivity contribution in [2.45, 2.75) is 25.3 Å². The number of rotatable bonds is 6. The highest BCUT2D eigenvalue weighted by Crippen LogP contribution is 2.25. The monoisotopic (exact) mass is 291 g/mol. The quantitative estimate of drug-likeness (QED) is 0.703. The summed E-state index contributed by atoms with van der Waals surface area (Å²) in [5.41, 5.74) is 5.75. The first kappa shape index (κ1) is 15.1. The summed E-state index contributed by atoms with van der Waals surface area (Å²) >= 11 is 0. The van der Waals surface area contributed by atoms with Crippen molar-refractivity contribution in [1.29, 1.82) is 0 Å².